The highest BCUT2D eigenvalue weighted by atomic mass is 79.9. The van der Waals surface area contributed by atoms with Crippen molar-refractivity contribution < 1.29 is 4.74 Å². The standard InChI is InChI=1S/C16H22BrN3O/c1-4-18-10-13-9-14(17)5-6-16(13)21-11-15-7-8-20(19-15)12(2)3/h5-9,12,18H,4,10-11H2,1-3H3. The van der Waals surface area contributed by atoms with Crippen molar-refractivity contribution in [3.8, 4) is 5.75 Å². The average molecular weight is 352 g/mol. The largest absolute Gasteiger partial charge is 0.487 e. The van der Waals surface area contributed by atoms with Gasteiger partial charge in [0, 0.05) is 28.8 Å². The van der Waals surface area contributed by atoms with Crippen LogP contribution in [0, 0.1) is 0 Å². The molecule has 2 aromatic rings. The summed E-state index contributed by atoms with van der Waals surface area (Å²) in [4.78, 5) is 0. The zero-order valence-corrected chi connectivity index (χ0v) is 14.4. The van der Waals surface area contributed by atoms with Crippen LogP contribution in [0.3, 0.4) is 0 Å². The number of ether oxygens (including phenoxy) is 1. The number of halogens is 1. The van der Waals surface area contributed by atoms with Gasteiger partial charge < -0.3 is 10.1 Å². The van der Waals surface area contributed by atoms with Crippen LogP contribution >= 0.6 is 15.9 Å². The summed E-state index contributed by atoms with van der Waals surface area (Å²) >= 11 is 3.50. The van der Waals surface area contributed by atoms with E-state index in [0.717, 1.165) is 34.6 Å². The first-order chi connectivity index (χ1) is 10.1. The molecule has 0 saturated heterocycles. The van der Waals surface area contributed by atoms with Crippen LogP contribution in [0.1, 0.15) is 38.1 Å². The van der Waals surface area contributed by atoms with Gasteiger partial charge in [0.1, 0.15) is 12.4 Å². The Balaban J connectivity index is 2.04. The molecule has 5 heteroatoms. The summed E-state index contributed by atoms with van der Waals surface area (Å²) < 4.78 is 8.94. The fourth-order valence-corrected chi connectivity index (χ4v) is 2.39. The van der Waals surface area contributed by atoms with Crippen LogP contribution in [-0.2, 0) is 13.2 Å². The van der Waals surface area contributed by atoms with E-state index >= 15 is 0 Å². The molecule has 0 saturated carbocycles. The molecule has 1 aromatic heterocycles. The zero-order valence-electron chi connectivity index (χ0n) is 12.8. The normalized spacial score (nSPS) is 11.1. The van der Waals surface area contributed by atoms with Crippen molar-refractivity contribution in [2.75, 3.05) is 6.54 Å². The third-order valence-corrected chi connectivity index (χ3v) is 3.65. The van der Waals surface area contributed by atoms with E-state index in [1.165, 1.54) is 0 Å². The summed E-state index contributed by atoms with van der Waals surface area (Å²) in [5.74, 6) is 0.901. The fraction of sp³-hybridized carbons (Fsp3) is 0.438. The van der Waals surface area contributed by atoms with Gasteiger partial charge in [0.25, 0.3) is 0 Å². The number of nitrogens with one attached hydrogen (secondary N) is 1. The molecule has 0 amide bonds. The summed E-state index contributed by atoms with van der Waals surface area (Å²) in [6.07, 6.45) is 1.99. The minimum Gasteiger partial charge on any atom is -0.487 e. The van der Waals surface area contributed by atoms with Crippen molar-refractivity contribution >= 4 is 15.9 Å². The highest BCUT2D eigenvalue weighted by Crippen LogP contribution is 2.24. The van der Waals surface area contributed by atoms with Crippen LogP contribution in [0.25, 0.3) is 0 Å². The third-order valence-electron chi connectivity index (χ3n) is 3.16. The lowest BCUT2D eigenvalue weighted by molar-refractivity contribution is 0.295. The number of benzene rings is 1. The Morgan fingerprint density at radius 2 is 2.14 bits per heavy atom. The lowest BCUT2D eigenvalue weighted by Crippen LogP contribution is -2.13. The molecule has 114 valence electrons. The fourth-order valence-electron chi connectivity index (χ4n) is 1.98. The first-order valence-electron chi connectivity index (χ1n) is 7.26. The van der Waals surface area contributed by atoms with Crippen molar-refractivity contribution in [1.29, 1.82) is 0 Å². The molecule has 4 nitrogen and oxygen atoms in total. The predicted octanol–water partition coefficient (Wildman–Crippen LogP) is 3.92. The van der Waals surface area contributed by atoms with Gasteiger partial charge in [-0.2, -0.15) is 5.10 Å². The Bertz CT molecular complexity index is 581. The Kier molecular flexibility index (Phi) is 5.82. The molecule has 1 aromatic carbocycles. The number of nitrogens with zero attached hydrogens (tertiary/aromatic N) is 2. The molecule has 0 aliphatic rings. The van der Waals surface area contributed by atoms with E-state index in [1.54, 1.807) is 0 Å². The lowest BCUT2D eigenvalue weighted by Gasteiger charge is -2.12. The predicted molar refractivity (Wildman–Crippen MR) is 88.5 cm³/mol. The highest BCUT2D eigenvalue weighted by molar-refractivity contribution is 9.10. The molecule has 0 unspecified atom stereocenters. The van der Waals surface area contributed by atoms with Crippen molar-refractivity contribution in [1.82, 2.24) is 15.1 Å². The molecule has 2 rings (SSSR count). The molecule has 0 radical (unpaired) electrons. The van der Waals surface area contributed by atoms with E-state index in [-0.39, 0.29) is 0 Å². The lowest BCUT2D eigenvalue weighted by atomic mass is 10.2. The summed E-state index contributed by atoms with van der Waals surface area (Å²) in [5.41, 5.74) is 2.09. The van der Waals surface area contributed by atoms with Gasteiger partial charge in [-0.05, 0) is 44.7 Å². The Labute approximate surface area is 134 Å². The van der Waals surface area contributed by atoms with E-state index in [4.69, 9.17) is 4.74 Å². The maximum Gasteiger partial charge on any atom is 0.132 e. The van der Waals surface area contributed by atoms with Crippen molar-refractivity contribution in [3.05, 3.63) is 46.2 Å². The van der Waals surface area contributed by atoms with Crippen molar-refractivity contribution in [2.45, 2.75) is 40.0 Å². The van der Waals surface area contributed by atoms with Crippen LogP contribution in [0.4, 0.5) is 0 Å². The maximum atomic E-state index is 5.93. The van der Waals surface area contributed by atoms with E-state index in [0.29, 0.717) is 12.6 Å². The highest BCUT2D eigenvalue weighted by Gasteiger charge is 2.07. The number of hydrogen-bond donors (Lipinski definition) is 1. The maximum absolute atomic E-state index is 5.93. The SMILES string of the molecule is CCNCc1cc(Br)ccc1OCc1ccn(C(C)C)n1. The molecule has 0 aliphatic heterocycles. The second-order valence-corrected chi connectivity index (χ2v) is 6.12. The van der Waals surface area contributed by atoms with Crippen LogP contribution in [0.5, 0.6) is 5.75 Å². The van der Waals surface area contributed by atoms with Gasteiger partial charge in [-0.1, -0.05) is 22.9 Å². The van der Waals surface area contributed by atoms with Crippen LogP contribution in [0.2, 0.25) is 0 Å². The molecule has 1 heterocycles. The van der Waals surface area contributed by atoms with Crippen LogP contribution in [-0.4, -0.2) is 16.3 Å². The molecule has 0 atom stereocenters. The quantitative estimate of drug-likeness (QED) is 0.821. The first-order valence-corrected chi connectivity index (χ1v) is 8.05. The average Bonchev–Trinajstić information content (AvgIpc) is 2.93. The molecule has 1 N–H and O–H groups in total. The van der Waals surface area contributed by atoms with Gasteiger partial charge in [-0.3, -0.25) is 4.68 Å². The smallest absolute Gasteiger partial charge is 0.132 e. The van der Waals surface area contributed by atoms with Gasteiger partial charge >= 0.3 is 0 Å². The third kappa shape index (κ3) is 4.58. The molecule has 0 aliphatic carbocycles. The summed E-state index contributed by atoms with van der Waals surface area (Å²) in [5, 5.41) is 7.83. The molecular weight excluding hydrogens is 330 g/mol. The second kappa shape index (κ2) is 7.61. The van der Waals surface area contributed by atoms with E-state index in [1.807, 2.05) is 29.1 Å². The summed E-state index contributed by atoms with van der Waals surface area (Å²) in [6, 6.07) is 8.46. The van der Waals surface area contributed by atoms with Crippen LogP contribution in [0.15, 0.2) is 34.9 Å². The van der Waals surface area contributed by atoms with E-state index in [2.05, 4.69) is 53.2 Å². The molecular formula is C16H22BrN3O. The van der Waals surface area contributed by atoms with E-state index < -0.39 is 0 Å². The Morgan fingerprint density at radius 3 is 2.81 bits per heavy atom. The van der Waals surface area contributed by atoms with Gasteiger partial charge in [0.05, 0.1) is 5.69 Å². The minimum atomic E-state index is 0.371. The minimum absolute atomic E-state index is 0.371. The van der Waals surface area contributed by atoms with Gasteiger partial charge in [0.2, 0.25) is 0 Å². The Morgan fingerprint density at radius 1 is 1.33 bits per heavy atom. The van der Waals surface area contributed by atoms with Gasteiger partial charge in [-0.15, -0.1) is 0 Å². The van der Waals surface area contributed by atoms with Gasteiger partial charge in [0.15, 0.2) is 0 Å². The first kappa shape index (κ1) is 16.0. The number of aromatic nitrogens is 2. The van der Waals surface area contributed by atoms with Crippen molar-refractivity contribution in [2.24, 2.45) is 0 Å². The van der Waals surface area contributed by atoms with E-state index in [9.17, 15) is 0 Å². The Hall–Kier alpha value is -1.33. The van der Waals surface area contributed by atoms with Crippen LogP contribution < -0.4 is 10.1 Å². The molecule has 0 bridgehead atoms. The summed E-state index contributed by atoms with van der Waals surface area (Å²) in [7, 11) is 0. The second-order valence-electron chi connectivity index (χ2n) is 5.20. The number of hydrogen-bond acceptors (Lipinski definition) is 3. The number of rotatable bonds is 7. The van der Waals surface area contributed by atoms with Crippen molar-refractivity contribution in [3.63, 3.8) is 0 Å². The molecule has 21 heavy (non-hydrogen) atoms. The molecule has 0 spiro atoms. The monoisotopic (exact) mass is 351 g/mol. The zero-order chi connectivity index (χ0) is 15.2. The summed E-state index contributed by atoms with van der Waals surface area (Å²) in [6.45, 7) is 8.54. The van der Waals surface area contributed by atoms with Gasteiger partial charge in [-0.25, -0.2) is 0 Å². The molecule has 0 fully saturated rings. The topological polar surface area (TPSA) is 39.1 Å².